The van der Waals surface area contributed by atoms with Crippen LogP contribution >= 0.6 is 11.8 Å². The molecule has 92 valence electrons. The molecule has 0 rings (SSSR count). The zero-order valence-corrected chi connectivity index (χ0v) is 11.9. The van der Waals surface area contributed by atoms with Gasteiger partial charge in [0.2, 0.25) is 0 Å². The molecule has 2 unspecified atom stereocenters. The number of hydrogen-bond donors (Lipinski definition) is 1. The molecule has 0 bridgehead atoms. The van der Waals surface area contributed by atoms with E-state index in [1.807, 2.05) is 11.8 Å². The molecule has 0 fully saturated rings. The maximum absolute atomic E-state index is 3.39. The summed E-state index contributed by atoms with van der Waals surface area (Å²) in [5, 5.41) is 3.39. The van der Waals surface area contributed by atoms with Gasteiger partial charge in [0.1, 0.15) is 0 Å². The molecule has 2 nitrogen and oxygen atoms in total. The molecule has 0 saturated heterocycles. The number of hydrogen-bond acceptors (Lipinski definition) is 3. The largest absolute Gasteiger partial charge is 0.317 e. The molecule has 0 heterocycles. The standard InChI is InChI=1S/C12H28N2S/c1-6-12(10-15-5)14(4)11(3)8-9-13-7-2/h11-13H,6-10H2,1-5H3. The van der Waals surface area contributed by atoms with E-state index in [1.165, 1.54) is 18.6 Å². The monoisotopic (exact) mass is 232 g/mol. The Hall–Kier alpha value is 0.270. The van der Waals surface area contributed by atoms with Gasteiger partial charge in [0.15, 0.2) is 0 Å². The van der Waals surface area contributed by atoms with Gasteiger partial charge in [-0.2, -0.15) is 11.8 Å². The second-order valence-corrected chi connectivity index (χ2v) is 5.08. The SMILES string of the molecule is CCNCCC(C)N(C)C(CC)CSC. The summed E-state index contributed by atoms with van der Waals surface area (Å²) in [6.45, 7) is 9.00. The van der Waals surface area contributed by atoms with Crippen molar-refractivity contribution >= 4 is 11.8 Å². The molecule has 0 spiro atoms. The van der Waals surface area contributed by atoms with Crippen LogP contribution in [0.25, 0.3) is 0 Å². The summed E-state index contributed by atoms with van der Waals surface area (Å²) < 4.78 is 0. The molecular weight excluding hydrogens is 204 g/mol. The lowest BCUT2D eigenvalue weighted by Gasteiger charge is -2.32. The lowest BCUT2D eigenvalue weighted by atomic mass is 10.1. The summed E-state index contributed by atoms with van der Waals surface area (Å²) >= 11 is 1.95. The third kappa shape index (κ3) is 6.44. The van der Waals surface area contributed by atoms with E-state index < -0.39 is 0 Å². The van der Waals surface area contributed by atoms with E-state index in [1.54, 1.807) is 0 Å². The Morgan fingerprint density at radius 3 is 2.47 bits per heavy atom. The number of rotatable bonds is 9. The maximum Gasteiger partial charge on any atom is 0.0183 e. The molecule has 0 aromatic heterocycles. The Labute approximate surface area is 100 Å². The van der Waals surface area contributed by atoms with Crippen molar-refractivity contribution < 1.29 is 0 Å². The molecule has 0 aromatic rings. The van der Waals surface area contributed by atoms with E-state index in [9.17, 15) is 0 Å². The van der Waals surface area contributed by atoms with E-state index >= 15 is 0 Å². The minimum absolute atomic E-state index is 0.682. The second kappa shape index (κ2) is 9.49. The van der Waals surface area contributed by atoms with Crippen molar-refractivity contribution in [3.63, 3.8) is 0 Å². The van der Waals surface area contributed by atoms with Crippen LogP contribution in [0.5, 0.6) is 0 Å². The van der Waals surface area contributed by atoms with Crippen molar-refractivity contribution in [2.75, 3.05) is 32.1 Å². The van der Waals surface area contributed by atoms with Crippen LogP contribution in [0.15, 0.2) is 0 Å². The van der Waals surface area contributed by atoms with Crippen molar-refractivity contribution in [3.8, 4) is 0 Å². The highest BCUT2D eigenvalue weighted by Gasteiger charge is 2.17. The molecule has 1 N–H and O–H groups in total. The van der Waals surface area contributed by atoms with Gasteiger partial charge >= 0.3 is 0 Å². The lowest BCUT2D eigenvalue weighted by molar-refractivity contribution is 0.186. The van der Waals surface area contributed by atoms with Crippen LogP contribution in [0.4, 0.5) is 0 Å². The van der Waals surface area contributed by atoms with Crippen molar-refractivity contribution in [1.82, 2.24) is 10.2 Å². The van der Waals surface area contributed by atoms with Crippen LogP contribution in [-0.2, 0) is 0 Å². The van der Waals surface area contributed by atoms with Gasteiger partial charge in [0.25, 0.3) is 0 Å². The molecule has 3 heteroatoms. The first-order valence-electron chi connectivity index (χ1n) is 6.08. The van der Waals surface area contributed by atoms with E-state index in [2.05, 4.69) is 44.3 Å². The normalized spacial score (nSPS) is 15.6. The van der Waals surface area contributed by atoms with E-state index in [0.717, 1.165) is 19.1 Å². The summed E-state index contributed by atoms with van der Waals surface area (Å²) in [5.41, 5.74) is 0. The minimum Gasteiger partial charge on any atom is -0.317 e. The average Bonchev–Trinajstić information content (AvgIpc) is 2.25. The first kappa shape index (κ1) is 15.3. The highest BCUT2D eigenvalue weighted by molar-refractivity contribution is 7.98. The fourth-order valence-corrected chi connectivity index (χ4v) is 2.62. The summed E-state index contributed by atoms with van der Waals surface area (Å²) in [5.74, 6) is 1.25. The molecule has 2 atom stereocenters. The molecule has 0 radical (unpaired) electrons. The van der Waals surface area contributed by atoms with Gasteiger partial charge in [0.05, 0.1) is 0 Å². The van der Waals surface area contributed by atoms with Crippen LogP contribution in [0.2, 0.25) is 0 Å². The van der Waals surface area contributed by atoms with Gasteiger partial charge in [-0.15, -0.1) is 0 Å². The van der Waals surface area contributed by atoms with Crippen molar-refractivity contribution in [2.24, 2.45) is 0 Å². The Morgan fingerprint density at radius 2 is 2.00 bits per heavy atom. The Balaban J connectivity index is 3.86. The van der Waals surface area contributed by atoms with Crippen LogP contribution in [0.1, 0.15) is 33.6 Å². The Bertz CT molecular complexity index is 142. The van der Waals surface area contributed by atoms with Gasteiger partial charge in [0, 0.05) is 17.8 Å². The fourth-order valence-electron chi connectivity index (χ4n) is 1.77. The van der Waals surface area contributed by atoms with E-state index in [-0.39, 0.29) is 0 Å². The summed E-state index contributed by atoms with van der Waals surface area (Å²) in [6.07, 6.45) is 4.69. The molecule has 0 aliphatic heterocycles. The van der Waals surface area contributed by atoms with Gasteiger partial charge in [-0.05, 0) is 46.2 Å². The predicted octanol–water partition coefficient (Wildman–Crippen LogP) is 2.45. The smallest absolute Gasteiger partial charge is 0.0183 e. The van der Waals surface area contributed by atoms with Crippen LogP contribution < -0.4 is 5.32 Å². The number of nitrogens with zero attached hydrogens (tertiary/aromatic N) is 1. The first-order valence-corrected chi connectivity index (χ1v) is 7.48. The summed E-state index contributed by atoms with van der Waals surface area (Å²) in [4.78, 5) is 2.54. The lowest BCUT2D eigenvalue weighted by Crippen LogP contribution is -2.41. The van der Waals surface area contributed by atoms with Gasteiger partial charge < -0.3 is 5.32 Å². The van der Waals surface area contributed by atoms with Crippen LogP contribution in [-0.4, -0.2) is 49.1 Å². The third-order valence-electron chi connectivity index (χ3n) is 3.09. The van der Waals surface area contributed by atoms with Gasteiger partial charge in [-0.1, -0.05) is 13.8 Å². The molecule has 0 amide bonds. The number of thioether (sulfide) groups is 1. The van der Waals surface area contributed by atoms with Crippen molar-refractivity contribution in [2.45, 2.75) is 45.7 Å². The first-order chi connectivity index (χ1) is 7.17. The molecule has 0 saturated carbocycles. The molecule has 0 aliphatic carbocycles. The highest BCUT2D eigenvalue weighted by Crippen LogP contribution is 2.12. The predicted molar refractivity (Wildman–Crippen MR) is 72.8 cm³/mol. The van der Waals surface area contributed by atoms with Crippen LogP contribution in [0, 0.1) is 0 Å². The molecular formula is C12H28N2S. The maximum atomic E-state index is 3.39. The fraction of sp³-hybridized carbons (Fsp3) is 1.00. The van der Waals surface area contributed by atoms with Crippen molar-refractivity contribution in [1.29, 1.82) is 0 Å². The quantitative estimate of drug-likeness (QED) is 0.615. The second-order valence-electron chi connectivity index (χ2n) is 4.17. The Morgan fingerprint density at radius 1 is 1.33 bits per heavy atom. The van der Waals surface area contributed by atoms with Crippen molar-refractivity contribution in [3.05, 3.63) is 0 Å². The van der Waals surface area contributed by atoms with Gasteiger partial charge in [-0.25, -0.2) is 0 Å². The highest BCUT2D eigenvalue weighted by atomic mass is 32.2. The summed E-state index contributed by atoms with van der Waals surface area (Å²) in [6, 6.07) is 1.41. The van der Waals surface area contributed by atoms with E-state index in [4.69, 9.17) is 0 Å². The van der Waals surface area contributed by atoms with Gasteiger partial charge in [-0.3, -0.25) is 4.90 Å². The summed E-state index contributed by atoms with van der Waals surface area (Å²) in [7, 11) is 2.26. The Kier molecular flexibility index (Phi) is 9.66. The zero-order chi connectivity index (χ0) is 11.7. The molecule has 0 aromatic carbocycles. The molecule has 0 aliphatic rings. The zero-order valence-electron chi connectivity index (χ0n) is 11.0. The van der Waals surface area contributed by atoms with E-state index in [0.29, 0.717) is 6.04 Å². The third-order valence-corrected chi connectivity index (χ3v) is 3.81. The number of nitrogens with one attached hydrogen (secondary N) is 1. The van der Waals surface area contributed by atoms with Crippen LogP contribution in [0.3, 0.4) is 0 Å². The minimum atomic E-state index is 0.682. The topological polar surface area (TPSA) is 15.3 Å². The average molecular weight is 232 g/mol. The molecule has 15 heavy (non-hydrogen) atoms.